The van der Waals surface area contributed by atoms with Gasteiger partial charge in [-0.1, -0.05) is 30.3 Å². The molecule has 3 aromatic carbocycles. The highest BCUT2D eigenvalue weighted by Crippen LogP contribution is 2.36. The second-order valence-electron chi connectivity index (χ2n) is 7.30. The Balaban J connectivity index is 1.64. The van der Waals surface area contributed by atoms with Crippen LogP contribution in [0.1, 0.15) is 0 Å². The van der Waals surface area contributed by atoms with Crippen molar-refractivity contribution in [3.63, 3.8) is 0 Å². The lowest BCUT2D eigenvalue weighted by atomic mass is 10.1. The highest BCUT2D eigenvalue weighted by Gasteiger charge is 2.19. The molecule has 0 amide bonds. The third-order valence-electron chi connectivity index (χ3n) is 5.13. The van der Waals surface area contributed by atoms with Crippen molar-refractivity contribution < 1.29 is 9.13 Å². The molecule has 168 valence electrons. The van der Waals surface area contributed by atoms with E-state index in [0.717, 1.165) is 9.63 Å². The van der Waals surface area contributed by atoms with Crippen LogP contribution in [0.15, 0.2) is 96.0 Å². The van der Waals surface area contributed by atoms with Crippen LogP contribution in [0.3, 0.4) is 0 Å². The number of rotatable bonds is 6. The quantitative estimate of drug-likeness (QED) is 0.258. The molecular formula is C26H18FN4O2S-. The van der Waals surface area contributed by atoms with E-state index in [-0.39, 0.29) is 23.3 Å². The van der Waals surface area contributed by atoms with E-state index in [1.165, 1.54) is 18.3 Å². The fourth-order valence-corrected chi connectivity index (χ4v) is 3.89. The fourth-order valence-electron chi connectivity index (χ4n) is 3.48. The molecule has 0 spiro atoms. The highest BCUT2D eigenvalue weighted by atomic mass is 32.2. The average Bonchev–Trinajstić information content (AvgIpc) is 3.22. The minimum atomic E-state index is -0.375. The normalized spacial score (nSPS) is 10.9. The summed E-state index contributed by atoms with van der Waals surface area (Å²) in [5.74, 6) is 0.426. The predicted molar refractivity (Wildman–Crippen MR) is 131 cm³/mol. The molecule has 0 atom stereocenters. The molecule has 0 bridgehead atoms. The van der Waals surface area contributed by atoms with Gasteiger partial charge in [-0.05, 0) is 60.9 Å². The number of halogens is 1. The number of ether oxygens (including phenoxy) is 1. The van der Waals surface area contributed by atoms with Crippen molar-refractivity contribution in [3.05, 3.63) is 102 Å². The maximum absolute atomic E-state index is 13.6. The van der Waals surface area contributed by atoms with Gasteiger partial charge in [0.1, 0.15) is 17.4 Å². The van der Waals surface area contributed by atoms with Gasteiger partial charge in [-0.25, -0.2) is 14.4 Å². The van der Waals surface area contributed by atoms with Crippen molar-refractivity contribution in [2.75, 3.05) is 6.26 Å². The molecule has 5 rings (SSSR count). The van der Waals surface area contributed by atoms with Crippen LogP contribution < -0.4 is 4.74 Å². The molecule has 0 unspecified atom stereocenters. The first-order valence-electron chi connectivity index (χ1n) is 10.4. The Morgan fingerprint density at radius 2 is 1.56 bits per heavy atom. The molecule has 0 saturated carbocycles. The molecule has 0 radical (unpaired) electrons. The van der Waals surface area contributed by atoms with Gasteiger partial charge >= 0.3 is 6.01 Å². The molecule has 8 heteroatoms. The molecule has 34 heavy (non-hydrogen) atoms. The molecule has 0 aliphatic rings. The SMILES string of the molecule is CSc1ccc(-c2nc(-c3ccc(F)cc3)c(-c3ccnc(Oc4ccccc4)n3)n2[O-])cc1. The summed E-state index contributed by atoms with van der Waals surface area (Å²) in [6.07, 6.45) is 3.51. The average molecular weight is 470 g/mol. The molecule has 5 aromatic rings. The van der Waals surface area contributed by atoms with Gasteiger partial charge in [0.2, 0.25) is 0 Å². The zero-order chi connectivity index (χ0) is 23.5. The largest absolute Gasteiger partial charge is 0.804 e. The third kappa shape index (κ3) is 4.35. The maximum Gasteiger partial charge on any atom is 0.322 e. The maximum atomic E-state index is 13.6. The van der Waals surface area contributed by atoms with Crippen LogP contribution in [0.5, 0.6) is 11.8 Å². The number of para-hydroxylation sites is 1. The first-order valence-corrected chi connectivity index (χ1v) is 11.6. The van der Waals surface area contributed by atoms with Crippen molar-refractivity contribution in [2.45, 2.75) is 4.90 Å². The van der Waals surface area contributed by atoms with Gasteiger partial charge in [0.05, 0.1) is 17.1 Å². The Labute approximate surface area is 199 Å². The molecule has 2 aromatic heterocycles. The van der Waals surface area contributed by atoms with Crippen LogP contribution in [-0.2, 0) is 0 Å². The summed E-state index contributed by atoms with van der Waals surface area (Å²) < 4.78 is 20.1. The minimum absolute atomic E-state index is 0.0980. The van der Waals surface area contributed by atoms with E-state index in [1.807, 2.05) is 48.7 Å². The second kappa shape index (κ2) is 9.36. The number of benzene rings is 3. The zero-order valence-electron chi connectivity index (χ0n) is 18.1. The molecule has 0 aliphatic heterocycles. The van der Waals surface area contributed by atoms with Crippen LogP contribution in [0.25, 0.3) is 34.0 Å². The van der Waals surface area contributed by atoms with Gasteiger partial charge in [0.15, 0.2) is 0 Å². The standard InChI is InChI=1S/C26H18FN4O2S/c1-34-21-13-9-18(10-14-21)25-30-23(17-7-11-19(27)12-8-17)24(31(25)32)22-15-16-28-26(29-22)33-20-5-3-2-4-6-20/h2-16H,1H3/q-1. The number of aromatic nitrogens is 4. The predicted octanol–water partition coefficient (Wildman–Crippen LogP) is 6.67. The first kappa shape index (κ1) is 21.7. The molecule has 6 nitrogen and oxygen atoms in total. The lowest BCUT2D eigenvalue weighted by molar-refractivity contribution is 0.442. The van der Waals surface area contributed by atoms with Crippen molar-refractivity contribution >= 4 is 11.8 Å². The van der Waals surface area contributed by atoms with E-state index >= 15 is 0 Å². The summed E-state index contributed by atoms with van der Waals surface area (Å²) >= 11 is 1.61. The van der Waals surface area contributed by atoms with E-state index in [2.05, 4.69) is 15.0 Å². The summed E-state index contributed by atoms with van der Waals surface area (Å²) in [5.41, 5.74) is 2.23. The van der Waals surface area contributed by atoms with Gasteiger partial charge in [-0.2, -0.15) is 4.98 Å². The lowest BCUT2D eigenvalue weighted by Crippen LogP contribution is -1.98. The van der Waals surface area contributed by atoms with Crippen LogP contribution in [0, 0.1) is 11.0 Å². The fraction of sp³-hybridized carbons (Fsp3) is 0.0385. The van der Waals surface area contributed by atoms with Crippen LogP contribution in [0.2, 0.25) is 0 Å². The number of hydrogen-bond acceptors (Lipinski definition) is 6. The second-order valence-corrected chi connectivity index (χ2v) is 8.18. The smallest absolute Gasteiger partial charge is 0.322 e. The monoisotopic (exact) mass is 469 g/mol. The van der Waals surface area contributed by atoms with Crippen molar-refractivity contribution in [1.29, 1.82) is 0 Å². The molecule has 2 heterocycles. The van der Waals surface area contributed by atoms with Crippen LogP contribution in [0.4, 0.5) is 4.39 Å². The molecule has 0 aliphatic carbocycles. The molecular weight excluding hydrogens is 451 g/mol. The Morgan fingerprint density at radius 3 is 2.26 bits per heavy atom. The van der Waals surface area contributed by atoms with Crippen LogP contribution in [-0.4, -0.2) is 25.9 Å². The van der Waals surface area contributed by atoms with E-state index in [9.17, 15) is 9.60 Å². The van der Waals surface area contributed by atoms with E-state index in [4.69, 9.17) is 4.74 Å². The van der Waals surface area contributed by atoms with Crippen molar-refractivity contribution in [1.82, 2.24) is 19.7 Å². The highest BCUT2D eigenvalue weighted by molar-refractivity contribution is 7.98. The number of hydrogen-bond donors (Lipinski definition) is 0. The van der Waals surface area contributed by atoms with Crippen molar-refractivity contribution in [2.24, 2.45) is 0 Å². The molecule has 0 N–H and O–H groups in total. The number of imidazole rings is 1. The van der Waals surface area contributed by atoms with Gasteiger partial charge in [-0.15, -0.1) is 11.8 Å². The molecule has 0 saturated heterocycles. The summed E-state index contributed by atoms with van der Waals surface area (Å²) in [6.45, 7) is 0. The molecule has 0 fully saturated rings. The summed E-state index contributed by atoms with van der Waals surface area (Å²) in [6, 6.07) is 24.3. The van der Waals surface area contributed by atoms with Gasteiger partial charge in [-0.3, -0.25) is 0 Å². The Morgan fingerprint density at radius 1 is 0.853 bits per heavy atom. The summed E-state index contributed by atoms with van der Waals surface area (Å²) in [4.78, 5) is 14.4. The number of thioether (sulfide) groups is 1. The van der Waals surface area contributed by atoms with E-state index < -0.39 is 0 Å². The third-order valence-corrected chi connectivity index (χ3v) is 5.88. The summed E-state index contributed by atoms with van der Waals surface area (Å²) in [7, 11) is 0. The van der Waals surface area contributed by atoms with Crippen molar-refractivity contribution in [3.8, 4) is 45.8 Å². The lowest BCUT2D eigenvalue weighted by Gasteiger charge is -2.16. The number of nitrogens with zero attached hydrogens (tertiary/aromatic N) is 4. The van der Waals surface area contributed by atoms with Gasteiger partial charge in [0.25, 0.3) is 0 Å². The Hall–Kier alpha value is -4.17. The topological polar surface area (TPSA) is 75.9 Å². The first-order chi connectivity index (χ1) is 16.6. The van der Waals surface area contributed by atoms with Crippen LogP contribution >= 0.6 is 11.8 Å². The Bertz CT molecular complexity index is 1420. The van der Waals surface area contributed by atoms with E-state index in [0.29, 0.717) is 28.3 Å². The van der Waals surface area contributed by atoms with Gasteiger partial charge in [0, 0.05) is 22.2 Å². The van der Waals surface area contributed by atoms with E-state index in [1.54, 1.807) is 42.1 Å². The summed E-state index contributed by atoms with van der Waals surface area (Å²) in [5, 5.41) is 13.5. The zero-order valence-corrected chi connectivity index (χ0v) is 18.9. The van der Waals surface area contributed by atoms with Gasteiger partial charge < -0.3 is 14.7 Å². The Kier molecular flexibility index (Phi) is 5.97. The minimum Gasteiger partial charge on any atom is -0.804 e.